The molecule has 0 bridgehead atoms. The van der Waals surface area contributed by atoms with Gasteiger partial charge in [0, 0.05) is 6.54 Å². The smallest absolute Gasteiger partial charge is 0.342 e. The van der Waals surface area contributed by atoms with E-state index in [0.717, 1.165) is 11.3 Å². The van der Waals surface area contributed by atoms with Crippen LogP contribution in [-0.2, 0) is 16.1 Å². The highest BCUT2D eigenvalue weighted by molar-refractivity contribution is 5.94. The molecule has 0 aliphatic carbocycles. The zero-order valence-corrected chi connectivity index (χ0v) is 14.4. The number of hydrogen-bond acceptors (Lipinski definition) is 5. The number of para-hydroxylation sites is 1. The Bertz CT molecular complexity index is 727. The Hall–Kier alpha value is -3.02. The Morgan fingerprint density at radius 3 is 2.32 bits per heavy atom. The second-order valence-corrected chi connectivity index (χ2v) is 5.31. The van der Waals surface area contributed by atoms with Crippen LogP contribution in [0.15, 0.2) is 48.5 Å². The van der Waals surface area contributed by atoms with E-state index in [4.69, 9.17) is 14.2 Å². The van der Waals surface area contributed by atoms with Gasteiger partial charge in [0.15, 0.2) is 6.10 Å². The van der Waals surface area contributed by atoms with Crippen LogP contribution in [-0.4, -0.2) is 32.2 Å². The van der Waals surface area contributed by atoms with Crippen LogP contribution >= 0.6 is 0 Å². The molecule has 2 rings (SSSR count). The molecule has 1 N–H and O–H groups in total. The number of methoxy groups -OCH3 is 2. The lowest BCUT2D eigenvalue weighted by Gasteiger charge is -2.15. The summed E-state index contributed by atoms with van der Waals surface area (Å²) in [5.41, 5.74) is 1.19. The fraction of sp³-hybridized carbons (Fsp3) is 0.263. The SMILES string of the molecule is COc1ccc(CNC(=O)[C@H](C)OC(=O)c2ccccc2OC)cc1. The summed E-state index contributed by atoms with van der Waals surface area (Å²) in [6, 6.07) is 14.0. The second-order valence-electron chi connectivity index (χ2n) is 5.31. The van der Waals surface area contributed by atoms with Crippen LogP contribution in [0, 0.1) is 0 Å². The molecule has 2 aromatic carbocycles. The van der Waals surface area contributed by atoms with Crippen LogP contribution in [0.1, 0.15) is 22.8 Å². The standard InChI is InChI=1S/C19H21NO5/c1-13(25-19(22)16-6-4-5-7-17(16)24-3)18(21)20-12-14-8-10-15(23-2)11-9-14/h4-11,13H,12H2,1-3H3,(H,20,21)/t13-/m0/s1. The predicted molar refractivity (Wildman–Crippen MR) is 92.7 cm³/mol. The van der Waals surface area contributed by atoms with Crippen molar-refractivity contribution in [3.63, 3.8) is 0 Å². The molecule has 0 saturated carbocycles. The topological polar surface area (TPSA) is 73.9 Å². The number of amides is 1. The number of carbonyl (C=O) groups excluding carboxylic acids is 2. The Morgan fingerprint density at radius 2 is 1.68 bits per heavy atom. The highest BCUT2D eigenvalue weighted by atomic mass is 16.5. The average Bonchev–Trinajstić information content (AvgIpc) is 2.66. The molecule has 0 heterocycles. The van der Waals surface area contributed by atoms with Gasteiger partial charge in [-0.25, -0.2) is 4.79 Å². The van der Waals surface area contributed by atoms with E-state index in [0.29, 0.717) is 12.3 Å². The number of carbonyl (C=O) groups is 2. The maximum Gasteiger partial charge on any atom is 0.342 e. The first-order chi connectivity index (χ1) is 12.0. The maximum atomic E-state index is 12.2. The van der Waals surface area contributed by atoms with Crippen LogP contribution in [0.25, 0.3) is 0 Å². The van der Waals surface area contributed by atoms with Crippen molar-refractivity contribution in [2.45, 2.75) is 19.6 Å². The lowest BCUT2D eigenvalue weighted by molar-refractivity contribution is -0.129. The van der Waals surface area contributed by atoms with Gasteiger partial charge in [0.2, 0.25) is 0 Å². The van der Waals surface area contributed by atoms with Crippen LogP contribution in [0.3, 0.4) is 0 Å². The average molecular weight is 343 g/mol. The number of rotatable bonds is 7. The van der Waals surface area contributed by atoms with E-state index in [-0.39, 0.29) is 11.5 Å². The molecule has 1 amide bonds. The summed E-state index contributed by atoms with van der Waals surface area (Å²) < 4.78 is 15.4. The van der Waals surface area contributed by atoms with E-state index < -0.39 is 12.1 Å². The third-order valence-electron chi connectivity index (χ3n) is 3.61. The van der Waals surface area contributed by atoms with E-state index >= 15 is 0 Å². The first-order valence-corrected chi connectivity index (χ1v) is 7.79. The number of hydrogen-bond donors (Lipinski definition) is 1. The molecule has 0 radical (unpaired) electrons. The van der Waals surface area contributed by atoms with Gasteiger partial charge in [0.05, 0.1) is 14.2 Å². The van der Waals surface area contributed by atoms with Gasteiger partial charge in [0.1, 0.15) is 17.1 Å². The molecule has 132 valence electrons. The van der Waals surface area contributed by atoms with E-state index in [1.807, 2.05) is 24.3 Å². The van der Waals surface area contributed by atoms with Gasteiger partial charge in [0.25, 0.3) is 5.91 Å². The van der Waals surface area contributed by atoms with Crippen LogP contribution in [0.2, 0.25) is 0 Å². The largest absolute Gasteiger partial charge is 0.497 e. The first kappa shape index (κ1) is 18.3. The van der Waals surface area contributed by atoms with Crippen molar-refractivity contribution in [1.82, 2.24) is 5.32 Å². The number of ether oxygens (including phenoxy) is 3. The van der Waals surface area contributed by atoms with Gasteiger partial charge in [-0.15, -0.1) is 0 Å². The number of nitrogens with one attached hydrogen (secondary N) is 1. The van der Waals surface area contributed by atoms with Gasteiger partial charge >= 0.3 is 5.97 Å². The fourth-order valence-electron chi connectivity index (χ4n) is 2.17. The lowest BCUT2D eigenvalue weighted by Crippen LogP contribution is -2.35. The molecule has 2 aromatic rings. The lowest BCUT2D eigenvalue weighted by atomic mass is 10.2. The maximum absolute atomic E-state index is 12.2. The highest BCUT2D eigenvalue weighted by Crippen LogP contribution is 2.19. The number of benzene rings is 2. The molecule has 0 spiro atoms. The molecular formula is C19H21NO5. The quantitative estimate of drug-likeness (QED) is 0.782. The van der Waals surface area contributed by atoms with Crippen molar-refractivity contribution < 1.29 is 23.8 Å². The van der Waals surface area contributed by atoms with Crippen LogP contribution < -0.4 is 14.8 Å². The van der Waals surface area contributed by atoms with Crippen molar-refractivity contribution in [2.24, 2.45) is 0 Å². The summed E-state index contributed by atoms with van der Waals surface area (Å²) in [5, 5.41) is 2.73. The molecule has 6 nitrogen and oxygen atoms in total. The summed E-state index contributed by atoms with van der Waals surface area (Å²) in [6.07, 6.45) is -0.921. The zero-order valence-electron chi connectivity index (χ0n) is 14.4. The van der Waals surface area contributed by atoms with Gasteiger partial charge in [-0.05, 0) is 36.8 Å². The summed E-state index contributed by atoms with van der Waals surface area (Å²) in [4.78, 5) is 24.3. The Morgan fingerprint density at radius 1 is 1.00 bits per heavy atom. The molecule has 0 aliphatic heterocycles. The summed E-state index contributed by atoms with van der Waals surface area (Å²) in [6.45, 7) is 1.86. The van der Waals surface area contributed by atoms with E-state index in [1.54, 1.807) is 31.4 Å². The first-order valence-electron chi connectivity index (χ1n) is 7.79. The van der Waals surface area contributed by atoms with Gasteiger partial charge in [-0.3, -0.25) is 4.79 Å². The molecule has 1 atom stereocenters. The Labute approximate surface area is 146 Å². The normalized spacial score (nSPS) is 11.3. The molecule has 25 heavy (non-hydrogen) atoms. The molecular weight excluding hydrogens is 322 g/mol. The third-order valence-corrected chi connectivity index (χ3v) is 3.61. The van der Waals surface area contributed by atoms with Crippen molar-refractivity contribution in [3.8, 4) is 11.5 Å². The summed E-state index contributed by atoms with van der Waals surface area (Å²) in [7, 11) is 3.06. The third kappa shape index (κ3) is 4.97. The zero-order chi connectivity index (χ0) is 18.2. The van der Waals surface area contributed by atoms with Gasteiger partial charge in [-0.2, -0.15) is 0 Å². The fourth-order valence-corrected chi connectivity index (χ4v) is 2.17. The van der Waals surface area contributed by atoms with Gasteiger partial charge < -0.3 is 19.5 Å². The monoisotopic (exact) mass is 343 g/mol. The van der Waals surface area contributed by atoms with Crippen molar-refractivity contribution >= 4 is 11.9 Å². The van der Waals surface area contributed by atoms with Crippen molar-refractivity contribution in [3.05, 3.63) is 59.7 Å². The Kier molecular flexibility index (Phi) is 6.39. The Balaban J connectivity index is 1.89. The molecule has 0 unspecified atom stereocenters. The van der Waals surface area contributed by atoms with Crippen LogP contribution in [0.5, 0.6) is 11.5 Å². The highest BCUT2D eigenvalue weighted by Gasteiger charge is 2.20. The molecule has 0 saturated heterocycles. The summed E-state index contributed by atoms with van der Waals surface area (Å²) in [5.74, 6) is 0.163. The molecule has 0 fully saturated rings. The summed E-state index contributed by atoms with van der Waals surface area (Å²) >= 11 is 0. The van der Waals surface area contributed by atoms with E-state index in [1.165, 1.54) is 14.0 Å². The van der Waals surface area contributed by atoms with E-state index in [2.05, 4.69) is 5.32 Å². The minimum atomic E-state index is -0.921. The minimum Gasteiger partial charge on any atom is -0.497 e. The minimum absolute atomic E-state index is 0.278. The van der Waals surface area contributed by atoms with Crippen molar-refractivity contribution in [1.29, 1.82) is 0 Å². The van der Waals surface area contributed by atoms with Crippen LogP contribution in [0.4, 0.5) is 0 Å². The molecule has 6 heteroatoms. The van der Waals surface area contributed by atoms with Gasteiger partial charge in [-0.1, -0.05) is 24.3 Å². The van der Waals surface area contributed by atoms with Crippen molar-refractivity contribution in [2.75, 3.05) is 14.2 Å². The molecule has 0 aromatic heterocycles. The van der Waals surface area contributed by atoms with E-state index in [9.17, 15) is 9.59 Å². The number of esters is 1. The second kappa shape index (κ2) is 8.73. The predicted octanol–water partition coefficient (Wildman–Crippen LogP) is 2.57. The molecule has 0 aliphatic rings.